The lowest BCUT2D eigenvalue weighted by molar-refractivity contribution is -0.108. The van der Waals surface area contributed by atoms with E-state index in [1.807, 2.05) is 0 Å². The smallest absolute Gasteiger partial charge is 0.132 e. The lowest BCUT2D eigenvalue weighted by Crippen LogP contribution is -2.03. The monoisotopic (exact) mass is 278 g/mol. The molecule has 19 heavy (non-hydrogen) atoms. The summed E-state index contributed by atoms with van der Waals surface area (Å²) in [4.78, 5) is 11.3. The average molecular weight is 279 g/mol. The second-order valence-electron chi connectivity index (χ2n) is 4.07. The van der Waals surface area contributed by atoms with Crippen molar-refractivity contribution < 1.29 is 20.1 Å². The normalized spacial score (nSPS) is 12.1. The molecule has 0 fully saturated rings. The Bertz CT molecular complexity index is 584. The van der Waals surface area contributed by atoms with E-state index in [2.05, 4.69) is 0 Å². The van der Waals surface area contributed by atoms with Crippen LogP contribution in [0.15, 0.2) is 36.4 Å². The van der Waals surface area contributed by atoms with Gasteiger partial charge in [-0.15, -0.1) is 0 Å². The summed E-state index contributed by atoms with van der Waals surface area (Å²) in [6.45, 7) is 0. The van der Waals surface area contributed by atoms with Gasteiger partial charge in [0.15, 0.2) is 0 Å². The highest BCUT2D eigenvalue weighted by Crippen LogP contribution is 2.38. The summed E-state index contributed by atoms with van der Waals surface area (Å²) < 4.78 is 0. The van der Waals surface area contributed by atoms with Crippen LogP contribution in [0.5, 0.6) is 17.2 Å². The number of benzene rings is 2. The minimum atomic E-state index is -0.770. The summed E-state index contributed by atoms with van der Waals surface area (Å²) in [5, 5.41) is 28.5. The number of rotatable bonds is 3. The van der Waals surface area contributed by atoms with E-state index >= 15 is 0 Å². The summed E-state index contributed by atoms with van der Waals surface area (Å²) in [5.41, 5.74) is 0.802. The molecule has 1 atom stereocenters. The van der Waals surface area contributed by atoms with Gasteiger partial charge in [-0.2, -0.15) is 0 Å². The number of phenols is 3. The molecule has 0 aliphatic rings. The molecule has 2 rings (SSSR count). The molecule has 0 saturated carbocycles. The van der Waals surface area contributed by atoms with Gasteiger partial charge in [0, 0.05) is 11.6 Å². The highest BCUT2D eigenvalue weighted by Gasteiger charge is 2.21. The van der Waals surface area contributed by atoms with Crippen molar-refractivity contribution in [2.45, 2.75) is 5.92 Å². The standard InChI is InChI=1S/C14H11ClO4/c15-12-5-10(18)6-13(19)14(12)11(7-16)8-1-3-9(17)4-2-8/h1-7,11,17-19H. The molecule has 0 aliphatic heterocycles. The van der Waals surface area contributed by atoms with Crippen LogP contribution in [0, 0.1) is 0 Å². The van der Waals surface area contributed by atoms with Crippen LogP contribution in [0.1, 0.15) is 17.0 Å². The summed E-state index contributed by atoms with van der Waals surface area (Å²) >= 11 is 5.96. The van der Waals surface area contributed by atoms with E-state index in [1.165, 1.54) is 18.2 Å². The molecule has 4 nitrogen and oxygen atoms in total. The molecule has 1 unspecified atom stereocenters. The first-order chi connectivity index (χ1) is 9.02. The first-order valence-electron chi connectivity index (χ1n) is 5.48. The number of carbonyl (C=O) groups is 1. The van der Waals surface area contributed by atoms with Crippen LogP contribution in [0.3, 0.4) is 0 Å². The lowest BCUT2D eigenvalue weighted by Gasteiger charge is -2.15. The molecule has 2 aromatic rings. The number of aromatic hydroxyl groups is 3. The minimum absolute atomic E-state index is 0.0782. The van der Waals surface area contributed by atoms with Gasteiger partial charge < -0.3 is 20.1 Å². The van der Waals surface area contributed by atoms with Crippen LogP contribution < -0.4 is 0 Å². The van der Waals surface area contributed by atoms with Crippen LogP contribution in [0.2, 0.25) is 5.02 Å². The van der Waals surface area contributed by atoms with Gasteiger partial charge in [-0.05, 0) is 23.8 Å². The van der Waals surface area contributed by atoms with E-state index in [0.29, 0.717) is 11.8 Å². The third kappa shape index (κ3) is 2.63. The zero-order valence-electron chi connectivity index (χ0n) is 9.75. The van der Waals surface area contributed by atoms with Gasteiger partial charge in [-0.1, -0.05) is 23.7 Å². The Kier molecular flexibility index (Phi) is 3.62. The van der Waals surface area contributed by atoms with Gasteiger partial charge in [0.2, 0.25) is 0 Å². The Balaban J connectivity index is 2.54. The van der Waals surface area contributed by atoms with Crippen molar-refractivity contribution >= 4 is 17.9 Å². The number of phenolic OH excluding ortho intramolecular Hbond substituents is 3. The number of halogens is 1. The molecule has 0 aromatic heterocycles. The first kappa shape index (κ1) is 13.2. The van der Waals surface area contributed by atoms with Crippen molar-refractivity contribution in [1.82, 2.24) is 0 Å². The molecule has 0 radical (unpaired) electrons. The maximum atomic E-state index is 11.3. The Labute approximate surface area is 114 Å². The Morgan fingerprint density at radius 3 is 2.16 bits per heavy atom. The summed E-state index contributed by atoms with van der Waals surface area (Å²) in [7, 11) is 0. The second-order valence-corrected chi connectivity index (χ2v) is 4.47. The molecular formula is C14H11ClO4. The van der Waals surface area contributed by atoms with Crippen LogP contribution in [-0.4, -0.2) is 21.6 Å². The number of hydrogen-bond acceptors (Lipinski definition) is 4. The van der Waals surface area contributed by atoms with Crippen molar-refractivity contribution in [2.75, 3.05) is 0 Å². The van der Waals surface area contributed by atoms with Crippen LogP contribution in [0.4, 0.5) is 0 Å². The van der Waals surface area contributed by atoms with E-state index in [0.717, 1.165) is 6.07 Å². The molecule has 3 N–H and O–H groups in total. The molecule has 2 aromatic carbocycles. The molecule has 0 bridgehead atoms. The first-order valence-corrected chi connectivity index (χ1v) is 5.86. The van der Waals surface area contributed by atoms with Crippen LogP contribution in [-0.2, 0) is 4.79 Å². The van der Waals surface area contributed by atoms with Gasteiger partial charge in [0.25, 0.3) is 0 Å². The summed E-state index contributed by atoms with van der Waals surface area (Å²) in [5.74, 6) is -1.13. The molecule has 98 valence electrons. The topological polar surface area (TPSA) is 77.8 Å². The third-order valence-electron chi connectivity index (χ3n) is 2.79. The zero-order chi connectivity index (χ0) is 14.0. The van der Waals surface area contributed by atoms with Gasteiger partial charge in [0.05, 0.1) is 10.9 Å². The Morgan fingerprint density at radius 1 is 1.00 bits per heavy atom. The quantitative estimate of drug-likeness (QED) is 0.755. The summed E-state index contributed by atoms with van der Waals surface area (Å²) in [6, 6.07) is 8.40. The van der Waals surface area contributed by atoms with Crippen molar-refractivity contribution in [2.24, 2.45) is 0 Å². The van der Waals surface area contributed by atoms with Gasteiger partial charge >= 0.3 is 0 Å². The van der Waals surface area contributed by atoms with Gasteiger partial charge in [0.1, 0.15) is 23.5 Å². The van der Waals surface area contributed by atoms with E-state index in [-0.39, 0.29) is 27.8 Å². The fourth-order valence-electron chi connectivity index (χ4n) is 1.89. The van der Waals surface area contributed by atoms with Gasteiger partial charge in [-0.3, -0.25) is 0 Å². The average Bonchev–Trinajstić information content (AvgIpc) is 2.35. The fraction of sp³-hybridized carbons (Fsp3) is 0.0714. The molecule has 0 spiro atoms. The van der Waals surface area contributed by atoms with Crippen molar-refractivity contribution in [3.8, 4) is 17.2 Å². The van der Waals surface area contributed by atoms with Crippen LogP contribution in [0.25, 0.3) is 0 Å². The fourth-order valence-corrected chi connectivity index (χ4v) is 2.22. The molecule has 0 saturated heterocycles. The maximum Gasteiger partial charge on any atom is 0.132 e. The van der Waals surface area contributed by atoms with E-state index in [9.17, 15) is 20.1 Å². The molecule has 0 heterocycles. The van der Waals surface area contributed by atoms with E-state index in [4.69, 9.17) is 11.6 Å². The van der Waals surface area contributed by atoms with Gasteiger partial charge in [-0.25, -0.2) is 0 Å². The van der Waals surface area contributed by atoms with E-state index < -0.39 is 5.92 Å². The largest absolute Gasteiger partial charge is 0.508 e. The SMILES string of the molecule is O=CC(c1ccc(O)cc1)c1c(O)cc(O)cc1Cl. The highest BCUT2D eigenvalue weighted by molar-refractivity contribution is 6.32. The highest BCUT2D eigenvalue weighted by atomic mass is 35.5. The Hall–Kier alpha value is -2.20. The molecule has 5 heteroatoms. The number of carbonyl (C=O) groups excluding carboxylic acids is 1. The molecule has 0 amide bonds. The molecular weight excluding hydrogens is 268 g/mol. The minimum Gasteiger partial charge on any atom is -0.508 e. The van der Waals surface area contributed by atoms with Crippen molar-refractivity contribution in [3.63, 3.8) is 0 Å². The van der Waals surface area contributed by atoms with Crippen molar-refractivity contribution in [3.05, 3.63) is 52.5 Å². The predicted molar refractivity (Wildman–Crippen MR) is 70.8 cm³/mol. The Morgan fingerprint density at radius 2 is 1.63 bits per heavy atom. The van der Waals surface area contributed by atoms with Crippen molar-refractivity contribution in [1.29, 1.82) is 0 Å². The van der Waals surface area contributed by atoms with E-state index in [1.54, 1.807) is 12.1 Å². The predicted octanol–water partition coefficient (Wildman–Crippen LogP) is 2.79. The maximum absolute atomic E-state index is 11.3. The zero-order valence-corrected chi connectivity index (χ0v) is 10.5. The van der Waals surface area contributed by atoms with Crippen LogP contribution >= 0.6 is 11.6 Å². The summed E-state index contributed by atoms with van der Waals surface area (Å²) in [6.07, 6.45) is 0.643. The number of hydrogen-bond donors (Lipinski definition) is 3. The number of aldehydes is 1. The third-order valence-corrected chi connectivity index (χ3v) is 3.10. The lowest BCUT2D eigenvalue weighted by atomic mass is 9.91. The molecule has 0 aliphatic carbocycles. The second kappa shape index (κ2) is 5.20.